The second-order valence-corrected chi connectivity index (χ2v) is 8.32. The number of carbonyl (C=O) groups is 2. The van der Waals surface area contributed by atoms with Gasteiger partial charge in [-0.2, -0.15) is 0 Å². The quantitative estimate of drug-likeness (QED) is 0.558. The Morgan fingerprint density at radius 1 is 1.04 bits per heavy atom. The lowest BCUT2D eigenvalue weighted by Crippen LogP contribution is -2.22. The number of carbonyl (C=O) groups excluding carboxylic acids is 2. The third-order valence-corrected chi connectivity index (χ3v) is 6.70. The van der Waals surface area contributed by atoms with Crippen molar-refractivity contribution in [3.8, 4) is 11.5 Å². The Hall–Kier alpha value is -2.30. The Morgan fingerprint density at radius 2 is 1.71 bits per heavy atom. The average Bonchev–Trinajstić information content (AvgIpc) is 3.10. The van der Waals surface area contributed by atoms with Crippen LogP contribution in [0.3, 0.4) is 0 Å². The number of hydrogen-bond donors (Lipinski definition) is 1. The third kappa shape index (κ3) is 3.54. The number of thiazole rings is 1. The van der Waals surface area contributed by atoms with Gasteiger partial charge in [0, 0.05) is 0 Å². The second-order valence-electron chi connectivity index (χ2n) is 5.58. The maximum absolute atomic E-state index is 12.7. The van der Waals surface area contributed by atoms with Crippen LogP contribution < -0.4 is 9.47 Å². The van der Waals surface area contributed by atoms with Gasteiger partial charge >= 0.3 is 11.9 Å². The summed E-state index contributed by atoms with van der Waals surface area (Å²) in [6.07, 6.45) is 0. The molecule has 1 aromatic carbocycles. The summed E-state index contributed by atoms with van der Waals surface area (Å²) in [5.74, 6) is -0.752. The molecule has 1 aromatic heterocycles. The van der Waals surface area contributed by atoms with Gasteiger partial charge < -0.3 is 23.9 Å². The molecule has 1 N–H and O–H groups in total. The number of aromatic nitrogens is 1. The molecule has 0 saturated heterocycles. The first kappa shape index (κ1) is 20.4. The molecule has 0 spiro atoms. The highest BCUT2D eigenvalue weighted by atomic mass is 32.2. The molecule has 0 amide bonds. The minimum Gasteiger partial charge on any atom is -0.493 e. The molecule has 1 unspecified atom stereocenters. The molecule has 0 fully saturated rings. The summed E-state index contributed by atoms with van der Waals surface area (Å²) in [5.41, 5.74) is 0.926. The van der Waals surface area contributed by atoms with E-state index in [4.69, 9.17) is 31.2 Å². The molecular weight excluding hydrogens is 422 g/mol. The van der Waals surface area contributed by atoms with Crippen LogP contribution in [0.15, 0.2) is 33.7 Å². The highest BCUT2D eigenvalue weighted by Crippen LogP contribution is 2.50. The number of aromatic amines is 1. The maximum atomic E-state index is 12.7. The first-order valence-electron chi connectivity index (χ1n) is 7.98. The molecule has 28 heavy (non-hydrogen) atoms. The fourth-order valence-corrected chi connectivity index (χ4v) is 5.60. The molecule has 2 aromatic rings. The van der Waals surface area contributed by atoms with E-state index in [9.17, 15) is 9.59 Å². The predicted molar refractivity (Wildman–Crippen MR) is 108 cm³/mol. The lowest BCUT2D eigenvalue weighted by molar-refractivity contribution is -0.139. The van der Waals surface area contributed by atoms with Crippen molar-refractivity contribution in [2.75, 3.05) is 28.4 Å². The first-order chi connectivity index (χ1) is 13.4. The van der Waals surface area contributed by atoms with Gasteiger partial charge in [-0.05, 0) is 29.9 Å². The molecule has 1 atom stereocenters. The molecule has 7 nitrogen and oxygen atoms in total. The number of rotatable bonds is 5. The highest BCUT2D eigenvalue weighted by Gasteiger charge is 2.39. The number of H-pyrrole nitrogens is 1. The second kappa shape index (κ2) is 8.38. The van der Waals surface area contributed by atoms with Gasteiger partial charge in [-0.15, -0.1) is 11.3 Å². The fraction of sp³-hybridized carbons (Fsp3) is 0.278. The Kier molecular flexibility index (Phi) is 6.11. The molecule has 1 aliphatic heterocycles. The summed E-state index contributed by atoms with van der Waals surface area (Å²) in [5, 5.41) is 0.697. The Labute approximate surface area is 174 Å². The number of methoxy groups -OCH3 is 4. The van der Waals surface area contributed by atoms with Crippen LogP contribution in [-0.2, 0) is 19.1 Å². The van der Waals surface area contributed by atoms with Gasteiger partial charge in [0.15, 0.2) is 15.5 Å². The van der Waals surface area contributed by atoms with Crippen LogP contribution in [0.5, 0.6) is 11.5 Å². The highest BCUT2D eigenvalue weighted by molar-refractivity contribution is 8.04. The van der Waals surface area contributed by atoms with Crippen LogP contribution in [0, 0.1) is 3.95 Å². The average molecular weight is 440 g/mol. The van der Waals surface area contributed by atoms with Gasteiger partial charge in [-0.25, -0.2) is 9.59 Å². The molecular formula is C18H17NO6S3. The number of benzene rings is 1. The summed E-state index contributed by atoms with van der Waals surface area (Å²) in [6, 6.07) is 5.32. The van der Waals surface area contributed by atoms with Gasteiger partial charge in [0.05, 0.1) is 49.8 Å². The number of thioether (sulfide) groups is 1. The van der Waals surface area contributed by atoms with Crippen LogP contribution in [0.1, 0.15) is 16.4 Å². The lowest BCUT2D eigenvalue weighted by Gasteiger charge is -2.26. The zero-order chi connectivity index (χ0) is 20.4. The van der Waals surface area contributed by atoms with Crippen LogP contribution in [0.2, 0.25) is 0 Å². The summed E-state index contributed by atoms with van der Waals surface area (Å²) >= 11 is 7.75. The largest absolute Gasteiger partial charge is 0.493 e. The first-order valence-corrected chi connectivity index (χ1v) is 10.0. The van der Waals surface area contributed by atoms with Crippen molar-refractivity contribution in [3.63, 3.8) is 0 Å². The van der Waals surface area contributed by atoms with E-state index in [1.807, 2.05) is 6.07 Å². The molecule has 0 saturated carbocycles. The van der Waals surface area contributed by atoms with E-state index in [0.29, 0.717) is 20.5 Å². The molecule has 0 radical (unpaired) electrons. The standard InChI is InChI=1S/C18H17NO6S3/c1-22-9-6-5-8(7-10(9)23-2)11-12(16(20)24-3)14(17(21)25-4)27-15-13(11)28-18(26)19-15/h5-7,11H,1-4H3,(H,19,26). The Balaban J connectivity index is 2.30. The summed E-state index contributed by atoms with van der Waals surface area (Å²) in [4.78, 5) is 29.2. The third-order valence-electron chi connectivity index (χ3n) is 4.16. The van der Waals surface area contributed by atoms with Gasteiger partial charge in [-0.3, -0.25) is 0 Å². The van der Waals surface area contributed by atoms with Crippen molar-refractivity contribution in [3.05, 3.63) is 43.1 Å². The van der Waals surface area contributed by atoms with Crippen molar-refractivity contribution in [2.24, 2.45) is 0 Å². The van der Waals surface area contributed by atoms with Crippen molar-refractivity contribution >= 4 is 47.3 Å². The number of fused-ring (bicyclic) bond motifs is 1. The smallest absolute Gasteiger partial charge is 0.345 e. The summed E-state index contributed by atoms with van der Waals surface area (Å²) in [6.45, 7) is 0. The summed E-state index contributed by atoms with van der Waals surface area (Å²) in [7, 11) is 5.61. The predicted octanol–water partition coefficient (Wildman–Crippen LogP) is 3.66. The van der Waals surface area contributed by atoms with Gasteiger partial charge in [0.1, 0.15) is 4.91 Å². The SMILES string of the molecule is COC(=O)C1=C(C(=O)OC)C(c2ccc(OC)c(OC)c2)c2sc(=S)[nH]c2S1. The van der Waals surface area contributed by atoms with E-state index in [1.54, 1.807) is 19.2 Å². The van der Waals surface area contributed by atoms with E-state index in [-0.39, 0.29) is 10.5 Å². The van der Waals surface area contributed by atoms with Crippen LogP contribution in [-0.4, -0.2) is 45.4 Å². The number of ether oxygens (including phenoxy) is 4. The zero-order valence-corrected chi connectivity index (χ0v) is 17.9. The molecule has 1 aliphatic rings. The Bertz CT molecular complexity index is 1020. The monoisotopic (exact) mass is 439 g/mol. The number of hydrogen-bond acceptors (Lipinski definition) is 9. The molecule has 3 rings (SSSR count). The van der Waals surface area contributed by atoms with E-state index in [1.165, 1.54) is 32.7 Å². The minimum atomic E-state index is -0.618. The van der Waals surface area contributed by atoms with Crippen LogP contribution in [0.4, 0.5) is 0 Å². The molecule has 148 valence electrons. The van der Waals surface area contributed by atoms with E-state index < -0.39 is 17.9 Å². The normalized spacial score (nSPS) is 15.6. The Morgan fingerprint density at radius 3 is 2.32 bits per heavy atom. The lowest BCUT2D eigenvalue weighted by atomic mass is 9.88. The maximum Gasteiger partial charge on any atom is 0.345 e. The molecule has 10 heteroatoms. The molecule has 2 heterocycles. The van der Waals surface area contributed by atoms with E-state index in [0.717, 1.165) is 22.2 Å². The van der Waals surface area contributed by atoms with Crippen molar-refractivity contribution in [1.29, 1.82) is 0 Å². The zero-order valence-electron chi connectivity index (χ0n) is 15.5. The number of esters is 2. The van der Waals surface area contributed by atoms with Crippen LogP contribution in [0.25, 0.3) is 0 Å². The molecule has 0 aliphatic carbocycles. The topological polar surface area (TPSA) is 86.9 Å². The number of nitrogens with one attached hydrogen (secondary N) is 1. The van der Waals surface area contributed by atoms with Gasteiger partial charge in [0.25, 0.3) is 0 Å². The van der Waals surface area contributed by atoms with E-state index in [2.05, 4.69) is 4.98 Å². The van der Waals surface area contributed by atoms with Crippen LogP contribution >= 0.6 is 35.3 Å². The van der Waals surface area contributed by atoms with E-state index >= 15 is 0 Å². The van der Waals surface area contributed by atoms with Gasteiger partial charge in [-0.1, -0.05) is 17.8 Å². The molecule has 0 bridgehead atoms. The van der Waals surface area contributed by atoms with Gasteiger partial charge in [0.2, 0.25) is 0 Å². The fourth-order valence-electron chi connectivity index (χ4n) is 2.93. The minimum absolute atomic E-state index is 0.158. The summed E-state index contributed by atoms with van der Waals surface area (Å²) < 4.78 is 21.1. The van der Waals surface area contributed by atoms with Crippen molar-refractivity contribution in [1.82, 2.24) is 4.98 Å². The van der Waals surface area contributed by atoms with Crippen molar-refractivity contribution in [2.45, 2.75) is 10.9 Å². The van der Waals surface area contributed by atoms with Crippen molar-refractivity contribution < 1.29 is 28.5 Å².